The van der Waals surface area contributed by atoms with Crippen molar-refractivity contribution in [2.75, 3.05) is 26.3 Å². The number of hydrogen-bond acceptors (Lipinski definition) is 4. The van der Waals surface area contributed by atoms with Crippen molar-refractivity contribution in [1.29, 1.82) is 0 Å². The first-order chi connectivity index (χ1) is 9.28. The molecule has 0 aromatic heterocycles. The first-order valence-corrected chi connectivity index (χ1v) is 7.06. The number of carbonyl (C=O) groups excluding carboxylic acids is 1. The van der Waals surface area contributed by atoms with Gasteiger partial charge in [0.25, 0.3) is 0 Å². The lowest BCUT2D eigenvalue weighted by Gasteiger charge is -2.24. The quantitative estimate of drug-likeness (QED) is 0.833. The minimum atomic E-state index is -0.840. The Hall–Kier alpha value is -1.30. The van der Waals surface area contributed by atoms with E-state index in [9.17, 15) is 14.7 Å². The molecule has 6 nitrogen and oxygen atoms in total. The Kier molecular flexibility index (Phi) is 4.22. The SMILES string of the molecule is CC(C)(C)OC(=O)N1CC(C(=O)O)C(C2CCOC2)C1. The van der Waals surface area contributed by atoms with Crippen LogP contribution in [-0.4, -0.2) is 54.0 Å². The molecule has 0 bridgehead atoms. The van der Waals surface area contributed by atoms with Crippen molar-refractivity contribution in [3.8, 4) is 0 Å². The number of ether oxygens (including phenoxy) is 2. The van der Waals surface area contributed by atoms with Gasteiger partial charge in [0, 0.05) is 26.3 Å². The summed E-state index contributed by atoms with van der Waals surface area (Å²) in [6, 6.07) is 0. The van der Waals surface area contributed by atoms with Crippen LogP contribution < -0.4 is 0 Å². The highest BCUT2D eigenvalue weighted by Crippen LogP contribution is 2.35. The summed E-state index contributed by atoms with van der Waals surface area (Å²) in [5.74, 6) is -1.17. The van der Waals surface area contributed by atoms with E-state index in [1.165, 1.54) is 4.90 Å². The molecule has 2 aliphatic heterocycles. The maximum Gasteiger partial charge on any atom is 0.410 e. The van der Waals surface area contributed by atoms with E-state index in [4.69, 9.17) is 9.47 Å². The number of likely N-dealkylation sites (tertiary alicyclic amines) is 1. The first kappa shape index (κ1) is 15.1. The highest BCUT2D eigenvalue weighted by Gasteiger charge is 2.45. The minimum Gasteiger partial charge on any atom is -0.481 e. The molecule has 3 atom stereocenters. The zero-order chi connectivity index (χ0) is 14.9. The van der Waals surface area contributed by atoms with Gasteiger partial charge in [-0.1, -0.05) is 0 Å². The predicted octanol–water partition coefficient (Wildman–Crippen LogP) is 1.59. The van der Waals surface area contributed by atoms with Crippen molar-refractivity contribution in [3.05, 3.63) is 0 Å². The first-order valence-electron chi connectivity index (χ1n) is 7.06. The van der Waals surface area contributed by atoms with Gasteiger partial charge in [-0.05, 0) is 39.0 Å². The Labute approximate surface area is 119 Å². The molecular formula is C14H23NO5. The Balaban J connectivity index is 2.03. The van der Waals surface area contributed by atoms with Crippen LogP contribution >= 0.6 is 0 Å². The van der Waals surface area contributed by atoms with Crippen molar-refractivity contribution in [2.24, 2.45) is 17.8 Å². The van der Waals surface area contributed by atoms with Gasteiger partial charge in [0.1, 0.15) is 5.60 Å². The van der Waals surface area contributed by atoms with Gasteiger partial charge in [0.05, 0.1) is 5.92 Å². The summed E-state index contributed by atoms with van der Waals surface area (Å²) in [6.45, 7) is 7.36. The van der Waals surface area contributed by atoms with Crippen molar-refractivity contribution < 1.29 is 24.2 Å². The predicted molar refractivity (Wildman–Crippen MR) is 71.3 cm³/mol. The number of nitrogens with zero attached hydrogens (tertiary/aromatic N) is 1. The molecule has 2 heterocycles. The van der Waals surface area contributed by atoms with Crippen molar-refractivity contribution in [2.45, 2.75) is 32.8 Å². The lowest BCUT2D eigenvalue weighted by molar-refractivity contribution is -0.143. The number of carboxylic acids is 1. The van der Waals surface area contributed by atoms with E-state index in [1.807, 2.05) is 0 Å². The van der Waals surface area contributed by atoms with Crippen LogP contribution in [-0.2, 0) is 14.3 Å². The number of carboxylic acid groups (broad SMARTS) is 1. The summed E-state index contributed by atoms with van der Waals surface area (Å²) >= 11 is 0. The number of amides is 1. The average Bonchev–Trinajstić information content (AvgIpc) is 2.95. The number of hydrogen-bond donors (Lipinski definition) is 1. The Morgan fingerprint density at radius 2 is 2.00 bits per heavy atom. The third kappa shape index (κ3) is 3.42. The third-order valence-corrected chi connectivity index (χ3v) is 3.90. The zero-order valence-electron chi connectivity index (χ0n) is 12.3. The summed E-state index contributed by atoms with van der Waals surface area (Å²) in [4.78, 5) is 25.0. The molecule has 3 unspecified atom stereocenters. The summed E-state index contributed by atoms with van der Waals surface area (Å²) < 4.78 is 10.7. The standard InChI is InChI=1S/C14H23NO5/c1-14(2,3)20-13(18)15-6-10(9-4-5-19-8-9)11(7-15)12(16)17/h9-11H,4-8H2,1-3H3,(H,16,17). The third-order valence-electron chi connectivity index (χ3n) is 3.90. The summed E-state index contributed by atoms with van der Waals surface area (Å²) in [7, 11) is 0. The van der Waals surface area contributed by atoms with E-state index in [-0.39, 0.29) is 18.4 Å². The van der Waals surface area contributed by atoms with Crippen LogP contribution in [0.2, 0.25) is 0 Å². The molecule has 0 aromatic carbocycles. The van der Waals surface area contributed by atoms with Gasteiger partial charge < -0.3 is 19.5 Å². The van der Waals surface area contributed by atoms with Gasteiger partial charge in [0.15, 0.2) is 0 Å². The molecule has 114 valence electrons. The van der Waals surface area contributed by atoms with E-state index in [2.05, 4.69) is 0 Å². The normalized spacial score (nSPS) is 30.6. The fourth-order valence-electron chi connectivity index (χ4n) is 2.93. The average molecular weight is 285 g/mol. The number of aliphatic carboxylic acids is 1. The molecule has 2 saturated heterocycles. The van der Waals surface area contributed by atoms with E-state index < -0.39 is 23.6 Å². The van der Waals surface area contributed by atoms with E-state index >= 15 is 0 Å². The van der Waals surface area contributed by atoms with Gasteiger partial charge >= 0.3 is 12.1 Å². The zero-order valence-corrected chi connectivity index (χ0v) is 12.3. The molecule has 0 spiro atoms. The van der Waals surface area contributed by atoms with Crippen molar-refractivity contribution in [1.82, 2.24) is 4.90 Å². The van der Waals surface area contributed by atoms with Gasteiger partial charge in [-0.2, -0.15) is 0 Å². The topological polar surface area (TPSA) is 76.1 Å². The van der Waals surface area contributed by atoms with Gasteiger partial charge in [-0.3, -0.25) is 4.79 Å². The molecule has 0 saturated carbocycles. The molecule has 20 heavy (non-hydrogen) atoms. The molecule has 0 aliphatic carbocycles. The number of rotatable bonds is 2. The molecule has 1 N–H and O–H groups in total. The second-order valence-corrected chi connectivity index (χ2v) is 6.62. The number of carbonyl (C=O) groups is 2. The fourth-order valence-corrected chi connectivity index (χ4v) is 2.93. The fraction of sp³-hybridized carbons (Fsp3) is 0.857. The molecule has 2 fully saturated rings. The van der Waals surface area contributed by atoms with Crippen LogP contribution in [0.1, 0.15) is 27.2 Å². The summed E-state index contributed by atoms with van der Waals surface area (Å²) in [5.41, 5.74) is -0.565. The van der Waals surface area contributed by atoms with E-state index in [0.717, 1.165) is 6.42 Å². The molecule has 0 radical (unpaired) electrons. The highest BCUT2D eigenvalue weighted by molar-refractivity contribution is 5.74. The lowest BCUT2D eigenvalue weighted by atomic mass is 9.83. The largest absolute Gasteiger partial charge is 0.481 e. The molecule has 2 rings (SSSR count). The van der Waals surface area contributed by atoms with Crippen molar-refractivity contribution in [3.63, 3.8) is 0 Å². The molecule has 1 amide bonds. The highest BCUT2D eigenvalue weighted by atomic mass is 16.6. The van der Waals surface area contributed by atoms with Gasteiger partial charge in [-0.25, -0.2) is 4.79 Å². The molecular weight excluding hydrogens is 262 g/mol. The van der Waals surface area contributed by atoms with Crippen LogP contribution in [0.3, 0.4) is 0 Å². The smallest absolute Gasteiger partial charge is 0.410 e. The van der Waals surface area contributed by atoms with Gasteiger partial charge in [-0.15, -0.1) is 0 Å². The Bertz CT molecular complexity index is 384. The van der Waals surface area contributed by atoms with Crippen LogP contribution in [0.4, 0.5) is 4.79 Å². The van der Waals surface area contributed by atoms with Crippen LogP contribution in [0, 0.1) is 17.8 Å². The molecule has 2 aliphatic rings. The molecule has 0 aromatic rings. The second kappa shape index (κ2) is 5.60. The monoisotopic (exact) mass is 285 g/mol. The van der Waals surface area contributed by atoms with Crippen LogP contribution in [0.5, 0.6) is 0 Å². The maximum absolute atomic E-state index is 12.1. The Morgan fingerprint density at radius 1 is 1.30 bits per heavy atom. The van der Waals surface area contributed by atoms with Crippen LogP contribution in [0.25, 0.3) is 0 Å². The summed E-state index contributed by atoms with van der Waals surface area (Å²) in [5, 5.41) is 9.36. The minimum absolute atomic E-state index is 0.0393. The summed E-state index contributed by atoms with van der Waals surface area (Å²) in [6.07, 6.45) is 0.446. The van der Waals surface area contributed by atoms with E-state index in [0.29, 0.717) is 19.8 Å². The maximum atomic E-state index is 12.1. The van der Waals surface area contributed by atoms with E-state index in [1.54, 1.807) is 20.8 Å². The Morgan fingerprint density at radius 3 is 2.50 bits per heavy atom. The van der Waals surface area contributed by atoms with Crippen molar-refractivity contribution >= 4 is 12.1 Å². The lowest BCUT2D eigenvalue weighted by Crippen LogP contribution is -2.36. The van der Waals surface area contributed by atoms with Gasteiger partial charge in [0.2, 0.25) is 0 Å². The molecule has 6 heteroatoms. The van der Waals surface area contributed by atoms with Crippen LogP contribution in [0.15, 0.2) is 0 Å². The second-order valence-electron chi connectivity index (χ2n) is 6.62.